The van der Waals surface area contributed by atoms with Crippen molar-refractivity contribution in [3.8, 4) is 5.75 Å². The number of amides is 1. The zero-order valence-corrected chi connectivity index (χ0v) is 19.7. The van der Waals surface area contributed by atoms with E-state index in [1.165, 1.54) is 17.7 Å². The fourth-order valence-corrected chi connectivity index (χ4v) is 3.97. The highest BCUT2D eigenvalue weighted by atomic mass is 19.1. The van der Waals surface area contributed by atoms with E-state index in [0.29, 0.717) is 31.7 Å². The van der Waals surface area contributed by atoms with Crippen LogP contribution in [0.4, 0.5) is 10.1 Å². The molecule has 2 atom stereocenters. The second-order valence-electron chi connectivity index (χ2n) is 9.69. The normalized spacial score (nSPS) is 17.0. The minimum absolute atomic E-state index is 0.0477. The van der Waals surface area contributed by atoms with E-state index in [9.17, 15) is 14.3 Å². The number of hydrogen-bond acceptors (Lipinski definition) is 4. The lowest BCUT2D eigenvalue weighted by Crippen LogP contribution is -2.39. The van der Waals surface area contributed by atoms with E-state index in [2.05, 4.69) is 31.0 Å². The number of aliphatic hydroxyl groups excluding tert-OH is 1. The second kappa shape index (κ2) is 9.90. The number of hydrogen-bond donors (Lipinski definition) is 2. The van der Waals surface area contributed by atoms with Crippen molar-refractivity contribution in [2.75, 3.05) is 18.0 Å². The van der Waals surface area contributed by atoms with Gasteiger partial charge in [-0.3, -0.25) is 4.79 Å². The molecular formula is C26H35FN2O3. The SMILES string of the molecule is C[C@H](Oc1ccc(C(C)(C)C)cc1)C(=O)N[C@@H](C)c1cc(F)ccc1N1CCC(O)CC1. The van der Waals surface area contributed by atoms with E-state index < -0.39 is 12.1 Å². The fraction of sp³-hybridized carbons (Fsp3) is 0.500. The molecule has 0 bridgehead atoms. The van der Waals surface area contributed by atoms with Crippen LogP contribution in [0.15, 0.2) is 42.5 Å². The summed E-state index contributed by atoms with van der Waals surface area (Å²) in [6.45, 7) is 11.4. The summed E-state index contributed by atoms with van der Waals surface area (Å²) < 4.78 is 19.9. The van der Waals surface area contributed by atoms with E-state index in [0.717, 1.165) is 11.3 Å². The van der Waals surface area contributed by atoms with Gasteiger partial charge in [0.2, 0.25) is 0 Å². The molecule has 1 fully saturated rings. The Bertz CT molecular complexity index is 916. The summed E-state index contributed by atoms with van der Waals surface area (Å²) in [5.74, 6) is 0.0263. The number of carbonyl (C=O) groups excluding carboxylic acids is 1. The number of benzene rings is 2. The molecule has 1 heterocycles. The molecule has 2 N–H and O–H groups in total. The van der Waals surface area contributed by atoms with E-state index >= 15 is 0 Å². The van der Waals surface area contributed by atoms with Crippen molar-refractivity contribution < 1.29 is 19.0 Å². The fourth-order valence-electron chi connectivity index (χ4n) is 3.97. The molecule has 32 heavy (non-hydrogen) atoms. The van der Waals surface area contributed by atoms with Gasteiger partial charge in [-0.25, -0.2) is 4.39 Å². The number of nitrogens with one attached hydrogen (secondary N) is 1. The van der Waals surface area contributed by atoms with Crippen LogP contribution in [0.3, 0.4) is 0 Å². The van der Waals surface area contributed by atoms with Crippen LogP contribution in [-0.4, -0.2) is 36.3 Å². The first-order valence-electron chi connectivity index (χ1n) is 11.3. The maximum absolute atomic E-state index is 14.0. The molecule has 2 aromatic rings. The third kappa shape index (κ3) is 6.00. The molecule has 1 amide bonds. The molecule has 0 unspecified atom stereocenters. The highest BCUT2D eigenvalue weighted by molar-refractivity contribution is 5.81. The molecule has 2 aromatic carbocycles. The van der Waals surface area contributed by atoms with Gasteiger partial charge in [-0.15, -0.1) is 0 Å². The van der Waals surface area contributed by atoms with Crippen LogP contribution in [0, 0.1) is 5.82 Å². The molecule has 6 heteroatoms. The van der Waals surface area contributed by atoms with Gasteiger partial charge in [0.15, 0.2) is 6.10 Å². The maximum atomic E-state index is 14.0. The van der Waals surface area contributed by atoms with Crippen LogP contribution in [0.2, 0.25) is 0 Å². The summed E-state index contributed by atoms with van der Waals surface area (Å²) in [7, 11) is 0. The number of ether oxygens (including phenoxy) is 1. The Morgan fingerprint density at radius 3 is 2.34 bits per heavy atom. The van der Waals surface area contributed by atoms with Gasteiger partial charge in [0, 0.05) is 24.3 Å². The first kappa shape index (κ1) is 24.1. The Hall–Kier alpha value is -2.60. The summed E-state index contributed by atoms with van der Waals surface area (Å²) >= 11 is 0. The van der Waals surface area contributed by atoms with Gasteiger partial charge in [-0.2, -0.15) is 0 Å². The van der Waals surface area contributed by atoms with Gasteiger partial charge in [-0.1, -0.05) is 32.9 Å². The Kier molecular flexibility index (Phi) is 7.44. The van der Waals surface area contributed by atoms with Crippen molar-refractivity contribution in [2.24, 2.45) is 0 Å². The molecule has 0 aliphatic carbocycles. The summed E-state index contributed by atoms with van der Waals surface area (Å²) in [5.41, 5.74) is 2.85. The van der Waals surface area contributed by atoms with Crippen molar-refractivity contribution in [1.29, 1.82) is 0 Å². The Labute approximate surface area is 190 Å². The van der Waals surface area contributed by atoms with Gasteiger partial charge in [0.1, 0.15) is 11.6 Å². The first-order valence-corrected chi connectivity index (χ1v) is 11.3. The van der Waals surface area contributed by atoms with Gasteiger partial charge >= 0.3 is 0 Å². The minimum Gasteiger partial charge on any atom is -0.481 e. The highest BCUT2D eigenvalue weighted by Gasteiger charge is 2.24. The quantitative estimate of drug-likeness (QED) is 0.679. The van der Waals surface area contributed by atoms with Crippen molar-refractivity contribution in [2.45, 2.75) is 71.1 Å². The third-order valence-corrected chi connectivity index (χ3v) is 6.02. The number of carbonyl (C=O) groups is 1. The van der Waals surface area contributed by atoms with Crippen LogP contribution >= 0.6 is 0 Å². The van der Waals surface area contributed by atoms with Crippen molar-refractivity contribution in [3.63, 3.8) is 0 Å². The highest BCUT2D eigenvalue weighted by Crippen LogP contribution is 2.30. The Morgan fingerprint density at radius 2 is 1.75 bits per heavy atom. The van der Waals surface area contributed by atoms with Crippen LogP contribution in [0.25, 0.3) is 0 Å². The van der Waals surface area contributed by atoms with E-state index in [-0.39, 0.29) is 23.2 Å². The predicted molar refractivity (Wildman–Crippen MR) is 126 cm³/mol. The number of rotatable bonds is 6. The molecule has 0 spiro atoms. The van der Waals surface area contributed by atoms with Gasteiger partial charge in [-0.05, 0) is 68.0 Å². The van der Waals surface area contributed by atoms with Gasteiger partial charge in [0.25, 0.3) is 5.91 Å². The van der Waals surface area contributed by atoms with Gasteiger partial charge < -0.3 is 20.1 Å². The molecule has 1 aliphatic heterocycles. The summed E-state index contributed by atoms with van der Waals surface area (Å²) in [5, 5.41) is 12.8. The summed E-state index contributed by atoms with van der Waals surface area (Å²) in [6.07, 6.45) is 0.371. The van der Waals surface area contributed by atoms with Crippen molar-refractivity contribution in [3.05, 3.63) is 59.4 Å². The van der Waals surface area contributed by atoms with Crippen LogP contribution < -0.4 is 15.0 Å². The minimum atomic E-state index is -0.694. The summed E-state index contributed by atoms with van der Waals surface area (Å²) in [4.78, 5) is 14.9. The third-order valence-electron chi connectivity index (χ3n) is 6.02. The molecule has 1 saturated heterocycles. The van der Waals surface area contributed by atoms with Crippen LogP contribution in [0.1, 0.15) is 64.6 Å². The topological polar surface area (TPSA) is 61.8 Å². The standard InChI is InChI=1S/C26H35FN2O3/c1-17(23-16-20(27)8-11-24(23)29-14-12-21(30)13-15-29)28-25(31)18(2)32-22-9-6-19(7-10-22)26(3,4)5/h6-11,16-18,21,30H,12-15H2,1-5H3,(H,28,31)/t17-,18-/m0/s1. The largest absolute Gasteiger partial charge is 0.481 e. The van der Waals surface area contributed by atoms with Crippen molar-refractivity contribution >= 4 is 11.6 Å². The molecule has 174 valence electrons. The molecule has 0 aromatic heterocycles. The number of anilines is 1. The zero-order chi connectivity index (χ0) is 23.5. The lowest BCUT2D eigenvalue weighted by atomic mass is 9.87. The maximum Gasteiger partial charge on any atom is 0.261 e. The Balaban J connectivity index is 1.66. The second-order valence-corrected chi connectivity index (χ2v) is 9.69. The molecule has 3 rings (SSSR count). The lowest BCUT2D eigenvalue weighted by Gasteiger charge is -2.34. The van der Waals surface area contributed by atoms with E-state index in [1.807, 2.05) is 31.2 Å². The molecule has 5 nitrogen and oxygen atoms in total. The van der Waals surface area contributed by atoms with Gasteiger partial charge in [0.05, 0.1) is 12.1 Å². The Morgan fingerprint density at radius 1 is 1.12 bits per heavy atom. The number of halogens is 1. The number of nitrogens with zero attached hydrogens (tertiary/aromatic N) is 1. The molecule has 0 saturated carbocycles. The average molecular weight is 443 g/mol. The monoisotopic (exact) mass is 442 g/mol. The molecular weight excluding hydrogens is 407 g/mol. The van der Waals surface area contributed by atoms with Crippen molar-refractivity contribution in [1.82, 2.24) is 5.32 Å². The number of piperidine rings is 1. The molecule has 0 radical (unpaired) electrons. The summed E-state index contributed by atoms with van der Waals surface area (Å²) in [6, 6.07) is 12.0. The van der Waals surface area contributed by atoms with E-state index in [1.54, 1.807) is 13.0 Å². The molecule has 1 aliphatic rings. The predicted octanol–water partition coefficient (Wildman–Crippen LogP) is 4.73. The van der Waals surface area contributed by atoms with Crippen LogP contribution in [-0.2, 0) is 10.2 Å². The first-order chi connectivity index (χ1) is 15.0. The smallest absolute Gasteiger partial charge is 0.261 e. The van der Waals surface area contributed by atoms with E-state index in [4.69, 9.17) is 4.74 Å². The number of aliphatic hydroxyl groups is 1. The lowest BCUT2D eigenvalue weighted by molar-refractivity contribution is -0.127. The average Bonchev–Trinajstić information content (AvgIpc) is 2.74. The zero-order valence-electron chi connectivity index (χ0n) is 19.7. The van der Waals surface area contributed by atoms with Crippen LogP contribution in [0.5, 0.6) is 5.75 Å².